The number of likely N-dealkylation sites (N-methyl/N-ethyl adjacent to an activating group) is 1. The SMILES string of the molecule is CN1CC(=O)N(CCCC(=O)NCCc2ccc(C(C)(C)C)cc2)C1=O. The van der Waals surface area contributed by atoms with Crippen molar-refractivity contribution < 1.29 is 14.4 Å². The van der Waals surface area contributed by atoms with Gasteiger partial charge < -0.3 is 10.2 Å². The van der Waals surface area contributed by atoms with E-state index in [1.807, 2.05) is 0 Å². The minimum absolute atomic E-state index is 0.0521. The van der Waals surface area contributed by atoms with E-state index in [4.69, 9.17) is 0 Å². The van der Waals surface area contributed by atoms with Gasteiger partial charge in [-0.3, -0.25) is 14.5 Å². The summed E-state index contributed by atoms with van der Waals surface area (Å²) in [7, 11) is 1.60. The van der Waals surface area contributed by atoms with Gasteiger partial charge in [0.1, 0.15) is 6.54 Å². The Labute approximate surface area is 155 Å². The molecule has 2 rings (SSSR count). The van der Waals surface area contributed by atoms with Crippen molar-refractivity contribution in [1.82, 2.24) is 15.1 Å². The van der Waals surface area contributed by atoms with Gasteiger partial charge in [0.2, 0.25) is 11.8 Å². The predicted octanol–water partition coefficient (Wildman–Crippen LogP) is 2.32. The molecule has 1 aliphatic heterocycles. The maximum absolute atomic E-state index is 11.9. The van der Waals surface area contributed by atoms with Gasteiger partial charge in [-0.05, 0) is 29.4 Å². The van der Waals surface area contributed by atoms with Crippen LogP contribution in [0.2, 0.25) is 0 Å². The molecule has 142 valence electrons. The highest BCUT2D eigenvalue weighted by atomic mass is 16.2. The van der Waals surface area contributed by atoms with E-state index in [1.165, 1.54) is 20.9 Å². The number of benzene rings is 1. The van der Waals surface area contributed by atoms with Gasteiger partial charge in [0, 0.05) is 26.6 Å². The first kappa shape index (κ1) is 19.9. The van der Waals surface area contributed by atoms with Crippen molar-refractivity contribution in [2.45, 2.75) is 45.4 Å². The Bertz CT molecular complexity index is 662. The van der Waals surface area contributed by atoms with Crippen molar-refractivity contribution in [3.05, 3.63) is 35.4 Å². The zero-order chi connectivity index (χ0) is 19.3. The lowest BCUT2D eigenvalue weighted by Gasteiger charge is -2.19. The Morgan fingerprint density at radius 3 is 2.35 bits per heavy atom. The summed E-state index contributed by atoms with van der Waals surface area (Å²) in [6.45, 7) is 7.55. The van der Waals surface area contributed by atoms with Gasteiger partial charge in [0.05, 0.1) is 0 Å². The van der Waals surface area contributed by atoms with Crippen molar-refractivity contribution in [2.75, 3.05) is 26.7 Å². The largest absolute Gasteiger partial charge is 0.356 e. The highest BCUT2D eigenvalue weighted by molar-refractivity contribution is 6.01. The second-order valence-corrected chi connectivity index (χ2v) is 7.83. The maximum Gasteiger partial charge on any atom is 0.326 e. The molecule has 1 saturated heterocycles. The van der Waals surface area contributed by atoms with Crippen molar-refractivity contribution in [1.29, 1.82) is 0 Å². The van der Waals surface area contributed by atoms with Gasteiger partial charge in [-0.2, -0.15) is 0 Å². The predicted molar refractivity (Wildman–Crippen MR) is 101 cm³/mol. The first-order valence-corrected chi connectivity index (χ1v) is 9.10. The summed E-state index contributed by atoms with van der Waals surface area (Å²) in [4.78, 5) is 37.9. The summed E-state index contributed by atoms with van der Waals surface area (Å²) < 4.78 is 0. The van der Waals surface area contributed by atoms with E-state index < -0.39 is 0 Å². The first-order valence-electron chi connectivity index (χ1n) is 9.10. The molecule has 1 fully saturated rings. The molecule has 1 aromatic rings. The van der Waals surface area contributed by atoms with Crippen LogP contribution in [0.25, 0.3) is 0 Å². The maximum atomic E-state index is 11.9. The summed E-state index contributed by atoms with van der Waals surface area (Å²) >= 11 is 0. The molecule has 6 heteroatoms. The molecular formula is C20H29N3O3. The second-order valence-electron chi connectivity index (χ2n) is 7.83. The molecular weight excluding hydrogens is 330 g/mol. The summed E-state index contributed by atoms with van der Waals surface area (Å²) in [6, 6.07) is 8.20. The number of hydrogen-bond donors (Lipinski definition) is 1. The number of rotatable bonds is 7. The molecule has 0 bridgehead atoms. The van der Waals surface area contributed by atoms with E-state index in [2.05, 4.69) is 50.4 Å². The molecule has 0 spiro atoms. The third kappa shape index (κ3) is 5.31. The van der Waals surface area contributed by atoms with Crippen LogP contribution < -0.4 is 5.32 Å². The zero-order valence-electron chi connectivity index (χ0n) is 16.2. The Morgan fingerprint density at radius 1 is 1.15 bits per heavy atom. The molecule has 1 N–H and O–H groups in total. The molecule has 0 unspecified atom stereocenters. The third-order valence-electron chi connectivity index (χ3n) is 4.57. The Balaban J connectivity index is 1.66. The Hall–Kier alpha value is -2.37. The molecule has 4 amide bonds. The standard InChI is InChI=1S/C20H29N3O3/c1-20(2,3)16-9-7-15(8-10-16)11-12-21-17(24)6-5-13-23-18(25)14-22(4)19(23)26/h7-10H,5-6,11-14H2,1-4H3,(H,21,24). The van der Waals surface area contributed by atoms with Gasteiger partial charge in [-0.25, -0.2) is 4.79 Å². The van der Waals surface area contributed by atoms with Gasteiger partial charge >= 0.3 is 6.03 Å². The van der Waals surface area contributed by atoms with Crippen molar-refractivity contribution in [2.24, 2.45) is 0 Å². The number of carbonyl (C=O) groups is 3. The number of hydrogen-bond acceptors (Lipinski definition) is 3. The number of nitrogens with one attached hydrogen (secondary N) is 1. The second kappa shape index (κ2) is 8.34. The molecule has 1 heterocycles. The smallest absolute Gasteiger partial charge is 0.326 e. The fourth-order valence-electron chi connectivity index (χ4n) is 2.89. The van der Waals surface area contributed by atoms with Crippen LogP contribution in [0.5, 0.6) is 0 Å². The highest BCUT2D eigenvalue weighted by Crippen LogP contribution is 2.22. The number of urea groups is 1. The number of nitrogens with zero attached hydrogens (tertiary/aromatic N) is 2. The van der Waals surface area contributed by atoms with Crippen LogP contribution in [0.4, 0.5) is 4.79 Å². The first-order chi connectivity index (χ1) is 12.2. The average Bonchev–Trinajstić information content (AvgIpc) is 2.80. The Morgan fingerprint density at radius 2 is 1.81 bits per heavy atom. The van der Waals surface area contributed by atoms with Crippen LogP contribution in [0.1, 0.15) is 44.7 Å². The molecule has 0 atom stereocenters. The monoisotopic (exact) mass is 359 g/mol. The van der Waals surface area contributed by atoms with Crippen molar-refractivity contribution in [3.8, 4) is 0 Å². The van der Waals surface area contributed by atoms with Crippen molar-refractivity contribution >= 4 is 17.8 Å². The number of imide groups is 1. The van der Waals surface area contributed by atoms with Crippen LogP contribution in [-0.4, -0.2) is 54.3 Å². The summed E-state index contributed by atoms with van der Waals surface area (Å²) in [6.07, 6.45) is 1.57. The van der Waals surface area contributed by atoms with Crippen molar-refractivity contribution in [3.63, 3.8) is 0 Å². The molecule has 1 aliphatic rings. The van der Waals surface area contributed by atoms with E-state index in [0.717, 1.165) is 6.42 Å². The number of amides is 4. The molecule has 0 aliphatic carbocycles. The van der Waals surface area contributed by atoms with Crippen LogP contribution >= 0.6 is 0 Å². The van der Waals surface area contributed by atoms with E-state index in [0.29, 0.717) is 25.9 Å². The summed E-state index contributed by atoms with van der Waals surface area (Å²) in [5.74, 6) is -0.250. The summed E-state index contributed by atoms with van der Waals surface area (Å²) in [5, 5.41) is 2.89. The average molecular weight is 359 g/mol. The molecule has 0 aromatic heterocycles. The van der Waals surface area contributed by atoms with E-state index in [9.17, 15) is 14.4 Å². The molecule has 0 saturated carbocycles. The lowest BCUT2D eigenvalue weighted by molar-refractivity contribution is -0.126. The summed E-state index contributed by atoms with van der Waals surface area (Å²) in [5.41, 5.74) is 2.62. The minimum Gasteiger partial charge on any atom is -0.356 e. The van der Waals surface area contributed by atoms with Gasteiger partial charge in [0.15, 0.2) is 0 Å². The fourth-order valence-corrected chi connectivity index (χ4v) is 2.89. The van der Waals surface area contributed by atoms with Gasteiger partial charge in [-0.1, -0.05) is 45.0 Å². The Kier molecular flexibility index (Phi) is 6.40. The zero-order valence-corrected chi connectivity index (χ0v) is 16.2. The lowest BCUT2D eigenvalue weighted by Crippen LogP contribution is -2.33. The highest BCUT2D eigenvalue weighted by Gasteiger charge is 2.32. The van der Waals surface area contributed by atoms with E-state index in [1.54, 1.807) is 7.05 Å². The van der Waals surface area contributed by atoms with Gasteiger partial charge in [0.25, 0.3) is 0 Å². The third-order valence-corrected chi connectivity index (χ3v) is 4.57. The molecule has 1 aromatic carbocycles. The normalized spacial score (nSPS) is 14.9. The topological polar surface area (TPSA) is 69.7 Å². The fraction of sp³-hybridized carbons (Fsp3) is 0.550. The molecule has 0 radical (unpaired) electrons. The van der Waals surface area contributed by atoms with Crippen LogP contribution in [0.3, 0.4) is 0 Å². The lowest BCUT2D eigenvalue weighted by atomic mass is 9.86. The quantitative estimate of drug-likeness (QED) is 0.760. The molecule has 6 nitrogen and oxygen atoms in total. The number of carbonyl (C=O) groups excluding carboxylic acids is 3. The van der Waals surface area contributed by atoms with Crippen LogP contribution in [-0.2, 0) is 21.4 Å². The van der Waals surface area contributed by atoms with Crippen LogP contribution in [0, 0.1) is 0 Å². The molecule has 26 heavy (non-hydrogen) atoms. The van der Waals surface area contributed by atoms with Gasteiger partial charge in [-0.15, -0.1) is 0 Å². The van der Waals surface area contributed by atoms with E-state index in [-0.39, 0.29) is 29.8 Å². The van der Waals surface area contributed by atoms with Crippen LogP contribution in [0.15, 0.2) is 24.3 Å². The van der Waals surface area contributed by atoms with E-state index >= 15 is 0 Å². The minimum atomic E-state index is -0.283.